The molecule has 1 atom stereocenters. The van der Waals surface area contributed by atoms with Gasteiger partial charge in [-0.2, -0.15) is 5.10 Å². The summed E-state index contributed by atoms with van der Waals surface area (Å²) in [5, 5.41) is 9.39. The number of amides is 3. The summed E-state index contributed by atoms with van der Waals surface area (Å²) in [5.41, 5.74) is 3.27. The smallest absolute Gasteiger partial charge is 0.329 e. The molecule has 0 spiro atoms. The van der Waals surface area contributed by atoms with Crippen molar-refractivity contribution < 1.29 is 23.9 Å². The van der Waals surface area contributed by atoms with Crippen molar-refractivity contribution in [2.45, 2.75) is 18.9 Å². The average molecular weight is 459 g/mol. The molecule has 32 heavy (non-hydrogen) atoms. The van der Waals surface area contributed by atoms with E-state index in [4.69, 9.17) is 21.1 Å². The molecule has 0 bridgehead atoms. The first kappa shape index (κ1) is 23.2. The van der Waals surface area contributed by atoms with Crippen LogP contribution in [0.3, 0.4) is 0 Å². The van der Waals surface area contributed by atoms with Gasteiger partial charge in [0.05, 0.1) is 23.0 Å². The van der Waals surface area contributed by atoms with E-state index in [2.05, 4.69) is 21.2 Å². The molecule has 2 aromatic rings. The fraction of sp³-hybridized carbons (Fsp3) is 0.273. The van der Waals surface area contributed by atoms with Crippen LogP contribution < -0.4 is 20.8 Å². The van der Waals surface area contributed by atoms with E-state index in [0.29, 0.717) is 35.2 Å². The Hall–Kier alpha value is -3.43. The number of nitrogens with one attached hydrogen (secondary N) is 3. The standard InChI is InChI=1S/C22H23ClN4O5/c23-18-8-1-2-9-19(18)26-20(28)14-32-16-6-3-5-15(11-16)12-25-27-22(30)21(29)24-13-17-7-4-10-31-17/h1-3,5-6,8-9,11-12,17H,4,7,10,13-14H2,(H,24,29)(H,26,28)(H,27,30)/b25-12-/t17-/m1/s1. The highest BCUT2D eigenvalue weighted by Crippen LogP contribution is 2.20. The second kappa shape index (κ2) is 11.8. The summed E-state index contributed by atoms with van der Waals surface area (Å²) in [4.78, 5) is 35.6. The normalized spacial score (nSPS) is 15.3. The largest absolute Gasteiger partial charge is 0.484 e. The van der Waals surface area contributed by atoms with Crippen molar-refractivity contribution in [1.29, 1.82) is 0 Å². The SMILES string of the molecule is O=C(COc1cccc(/C=N\NC(=O)C(=O)NC[C@H]2CCCO2)c1)Nc1ccccc1Cl. The lowest BCUT2D eigenvalue weighted by Crippen LogP contribution is -2.41. The van der Waals surface area contributed by atoms with E-state index in [1.807, 2.05) is 0 Å². The van der Waals surface area contributed by atoms with Crippen LogP contribution in [0, 0.1) is 0 Å². The number of carbonyl (C=O) groups is 3. The quantitative estimate of drug-likeness (QED) is 0.318. The summed E-state index contributed by atoms with van der Waals surface area (Å²) in [6.45, 7) is 0.749. The molecule has 3 amide bonds. The Morgan fingerprint density at radius 1 is 1.16 bits per heavy atom. The van der Waals surface area contributed by atoms with Gasteiger partial charge in [0.15, 0.2) is 6.61 Å². The van der Waals surface area contributed by atoms with Gasteiger partial charge in [0.1, 0.15) is 5.75 Å². The molecule has 1 heterocycles. The van der Waals surface area contributed by atoms with Crippen LogP contribution in [0.25, 0.3) is 0 Å². The van der Waals surface area contributed by atoms with Gasteiger partial charge in [-0.1, -0.05) is 35.9 Å². The minimum atomic E-state index is -0.872. The number of hydrazone groups is 1. The van der Waals surface area contributed by atoms with Crippen molar-refractivity contribution in [2.75, 3.05) is 25.1 Å². The Morgan fingerprint density at radius 2 is 2.00 bits per heavy atom. The zero-order valence-electron chi connectivity index (χ0n) is 17.2. The Morgan fingerprint density at radius 3 is 2.78 bits per heavy atom. The first-order valence-electron chi connectivity index (χ1n) is 10.0. The van der Waals surface area contributed by atoms with Gasteiger partial charge >= 0.3 is 11.8 Å². The van der Waals surface area contributed by atoms with Crippen LogP contribution >= 0.6 is 11.6 Å². The van der Waals surface area contributed by atoms with Crippen LogP contribution in [0.15, 0.2) is 53.6 Å². The number of halogens is 1. The van der Waals surface area contributed by atoms with Gasteiger partial charge in [-0.25, -0.2) is 5.43 Å². The monoisotopic (exact) mass is 458 g/mol. The van der Waals surface area contributed by atoms with Crippen LogP contribution in [-0.2, 0) is 19.1 Å². The first-order chi connectivity index (χ1) is 15.5. The molecule has 0 aromatic heterocycles. The molecule has 1 saturated heterocycles. The van der Waals surface area contributed by atoms with Crippen LogP contribution in [0.5, 0.6) is 5.75 Å². The Labute approximate surface area is 190 Å². The maximum Gasteiger partial charge on any atom is 0.329 e. The summed E-state index contributed by atoms with van der Waals surface area (Å²) in [5.74, 6) is -1.58. The molecule has 3 N–H and O–H groups in total. The molecular formula is C22H23ClN4O5. The molecule has 1 aliphatic rings. The number of hydrogen-bond acceptors (Lipinski definition) is 6. The fourth-order valence-electron chi connectivity index (χ4n) is 2.89. The third kappa shape index (κ3) is 7.36. The lowest BCUT2D eigenvalue weighted by atomic mass is 10.2. The van der Waals surface area contributed by atoms with Gasteiger partial charge in [0, 0.05) is 13.2 Å². The van der Waals surface area contributed by atoms with E-state index in [9.17, 15) is 14.4 Å². The zero-order chi connectivity index (χ0) is 22.8. The number of hydrogen-bond donors (Lipinski definition) is 3. The van der Waals surface area contributed by atoms with Gasteiger partial charge in [0.25, 0.3) is 5.91 Å². The molecule has 0 saturated carbocycles. The second-order valence-corrected chi connectivity index (χ2v) is 7.34. The molecule has 2 aromatic carbocycles. The maximum absolute atomic E-state index is 12.1. The van der Waals surface area contributed by atoms with Gasteiger partial charge in [0.2, 0.25) is 0 Å². The van der Waals surface area contributed by atoms with Gasteiger partial charge in [-0.3, -0.25) is 14.4 Å². The Kier molecular flexibility index (Phi) is 8.59. The van der Waals surface area contributed by atoms with Crippen molar-refractivity contribution in [3.05, 3.63) is 59.1 Å². The number of benzene rings is 2. The summed E-state index contributed by atoms with van der Waals surface area (Å²) < 4.78 is 10.9. The van der Waals surface area contributed by atoms with Crippen molar-refractivity contribution in [1.82, 2.24) is 10.7 Å². The number of ether oxygens (including phenoxy) is 2. The van der Waals surface area contributed by atoms with E-state index in [1.54, 1.807) is 48.5 Å². The van der Waals surface area contributed by atoms with Crippen molar-refractivity contribution in [3.63, 3.8) is 0 Å². The molecule has 1 aliphatic heterocycles. The Balaban J connectivity index is 1.43. The number of carbonyl (C=O) groups excluding carboxylic acids is 3. The predicted octanol–water partition coefficient (Wildman–Crippen LogP) is 2.10. The third-order valence-electron chi connectivity index (χ3n) is 4.48. The third-order valence-corrected chi connectivity index (χ3v) is 4.81. The predicted molar refractivity (Wildman–Crippen MR) is 120 cm³/mol. The molecule has 0 unspecified atom stereocenters. The van der Waals surface area contributed by atoms with E-state index in [1.165, 1.54) is 6.21 Å². The van der Waals surface area contributed by atoms with E-state index in [-0.39, 0.29) is 18.6 Å². The summed E-state index contributed by atoms with van der Waals surface area (Å²) in [7, 11) is 0. The fourth-order valence-corrected chi connectivity index (χ4v) is 3.07. The van der Waals surface area contributed by atoms with Crippen LogP contribution in [0.1, 0.15) is 18.4 Å². The molecule has 168 valence electrons. The average Bonchev–Trinajstić information content (AvgIpc) is 3.31. The molecule has 10 heteroatoms. The highest BCUT2D eigenvalue weighted by molar-refractivity contribution is 6.35. The van der Waals surface area contributed by atoms with Crippen LogP contribution in [0.2, 0.25) is 5.02 Å². The van der Waals surface area contributed by atoms with E-state index >= 15 is 0 Å². The first-order valence-corrected chi connectivity index (χ1v) is 10.4. The summed E-state index contributed by atoms with van der Waals surface area (Å²) in [6.07, 6.45) is 3.12. The highest BCUT2D eigenvalue weighted by atomic mass is 35.5. The molecular weight excluding hydrogens is 436 g/mol. The van der Waals surface area contributed by atoms with Gasteiger partial charge in [-0.05, 0) is 42.7 Å². The zero-order valence-corrected chi connectivity index (χ0v) is 17.9. The van der Waals surface area contributed by atoms with Crippen molar-refractivity contribution in [3.8, 4) is 5.75 Å². The minimum absolute atomic E-state index is 0.0512. The number of nitrogens with zero attached hydrogens (tertiary/aromatic N) is 1. The van der Waals surface area contributed by atoms with E-state index < -0.39 is 11.8 Å². The molecule has 1 fully saturated rings. The topological polar surface area (TPSA) is 118 Å². The highest BCUT2D eigenvalue weighted by Gasteiger charge is 2.18. The Bertz CT molecular complexity index is 992. The maximum atomic E-state index is 12.1. The summed E-state index contributed by atoms with van der Waals surface area (Å²) in [6, 6.07) is 13.6. The number of rotatable bonds is 8. The second-order valence-electron chi connectivity index (χ2n) is 6.93. The molecule has 9 nitrogen and oxygen atoms in total. The lowest BCUT2D eigenvalue weighted by molar-refractivity contribution is -0.139. The number of anilines is 1. The number of para-hydroxylation sites is 1. The molecule has 0 radical (unpaired) electrons. The van der Waals surface area contributed by atoms with E-state index in [0.717, 1.165) is 12.8 Å². The minimum Gasteiger partial charge on any atom is -0.484 e. The van der Waals surface area contributed by atoms with Crippen molar-refractivity contribution >= 4 is 41.2 Å². The van der Waals surface area contributed by atoms with Gasteiger partial charge in [-0.15, -0.1) is 0 Å². The van der Waals surface area contributed by atoms with Crippen LogP contribution in [-0.4, -0.2) is 49.8 Å². The van der Waals surface area contributed by atoms with Crippen molar-refractivity contribution in [2.24, 2.45) is 5.10 Å². The van der Waals surface area contributed by atoms with Gasteiger partial charge < -0.3 is 20.1 Å². The molecule has 0 aliphatic carbocycles. The summed E-state index contributed by atoms with van der Waals surface area (Å²) >= 11 is 6.01. The lowest BCUT2D eigenvalue weighted by Gasteiger charge is -2.09. The van der Waals surface area contributed by atoms with Crippen LogP contribution in [0.4, 0.5) is 5.69 Å². The molecule has 3 rings (SSSR count).